The lowest BCUT2D eigenvalue weighted by Gasteiger charge is -2.40. The highest BCUT2D eigenvalue weighted by atomic mass is 16.3. The molecule has 0 unspecified atom stereocenters. The summed E-state index contributed by atoms with van der Waals surface area (Å²) in [5.74, 6) is 0. The second kappa shape index (κ2) is 6.85. The number of nitriles is 1. The minimum absolute atomic E-state index is 0.267. The van der Waals surface area contributed by atoms with E-state index in [0.29, 0.717) is 6.04 Å². The first-order chi connectivity index (χ1) is 9.58. The van der Waals surface area contributed by atoms with Gasteiger partial charge in [0.25, 0.3) is 0 Å². The first-order valence-electron chi connectivity index (χ1n) is 7.22. The molecule has 2 rings (SSSR count). The summed E-state index contributed by atoms with van der Waals surface area (Å²) in [7, 11) is 0. The second-order valence-corrected chi connectivity index (χ2v) is 5.74. The van der Waals surface area contributed by atoms with E-state index >= 15 is 0 Å². The van der Waals surface area contributed by atoms with Gasteiger partial charge in [-0.05, 0) is 31.5 Å². The van der Waals surface area contributed by atoms with Crippen LogP contribution in [0.5, 0.6) is 0 Å². The van der Waals surface area contributed by atoms with Gasteiger partial charge in [0.15, 0.2) is 0 Å². The third-order valence-electron chi connectivity index (χ3n) is 3.81. The van der Waals surface area contributed by atoms with Gasteiger partial charge in [0.05, 0.1) is 17.7 Å². The molecule has 1 N–H and O–H groups in total. The van der Waals surface area contributed by atoms with Crippen molar-refractivity contribution in [2.24, 2.45) is 0 Å². The molecule has 0 aromatic heterocycles. The molecule has 1 saturated heterocycles. The molecule has 20 heavy (non-hydrogen) atoms. The zero-order valence-corrected chi connectivity index (χ0v) is 12.3. The van der Waals surface area contributed by atoms with Gasteiger partial charge >= 0.3 is 0 Å². The summed E-state index contributed by atoms with van der Waals surface area (Å²) in [6.07, 6.45) is -0.267. The molecule has 4 heteroatoms. The van der Waals surface area contributed by atoms with Crippen LogP contribution in [0.1, 0.15) is 25.0 Å². The van der Waals surface area contributed by atoms with Crippen LogP contribution in [0.25, 0.3) is 0 Å². The van der Waals surface area contributed by atoms with Crippen molar-refractivity contribution in [2.45, 2.75) is 32.5 Å². The summed E-state index contributed by atoms with van der Waals surface area (Å²) in [4.78, 5) is 4.76. The lowest BCUT2D eigenvalue weighted by atomic mass is 10.1. The smallest absolute Gasteiger partial charge is 0.0991 e. The Hall–Kier alpha value is -1.41. The topological polar surface area (TPSA) is 50.5 Å². The molecule has 1 fully saturated rings. The summed E-state index contributed by atoms with van der Waals surface area (Å²) in [6, 6.07) is 10.5. The number of hydrogen-bond donors (Lipinski definition) is 1. The SMILES string of the molecule is C[C@@H]1CN(Cc2cccc(C#N)c2)CCN1C[C@@H](C)O. The number of β-amino-alcohol motifs (C(OH)–C–C–N with tert-alkyl or cyclic N) is 1. The van der Waals surface area contributed by atoms with Gasteiger partial charge in [-0.1, -0.05) is 12.1 Å². The Morgan fingerprint density at radius 2 is 2.25 bits per heavy atom. The van der Waals surface area contributed by atoms with E-state index in [1.165, 1.54) is 5.56 Å². The number of piperazine rings is 1. The van der Waals surface area contributed by atoms with Crippen molar-refractivity contribution in [1.29, 1.82) is 5.26 Å². The summed E-state index contributed by atoms with van der Waals surface area (Å²) in [6.45, 7) is 8.69. The van der Waals surface area contributed by atoms with Crippen LogP contribution in [0.3, 0.4) is 0 Å². The van der Waals surface area contributed by atoms with E-state index in [0.717, 1.165) is 38.3 Å². The Bertz CT molecular complexity index is 481. The maximum absolute atomic E-state index is 9.50. The summed E-state index contributed by atoms with van der Waals surface area (Å²) in [5.41, 5.74) is 1.92. The van der Waals surface area contributed by atoms with Crippen LogP contribution in [0.2, 0.25) is 0 Å². The lowest BCUT2D eigenvalue weighted by molar-refractivity contribution is 0.0423. The molecule has 1 aliphatic rings. The largest absolute Gasteiger partial charge is 0.392 e. The molecule has 108 valence electrons. The minimum Gasteiger partial charge on any atom is -0.392 e. The molecule has 0 aliphatic carbocycles. The van der Waals surface area contributed by atoms with Crippen LogP contribution < -0.4 is 0 Å². The monoisotopic (exact) mass is 273 g/mol. The van der Waals surface area contributed by atoms with Gasteiger partial charge in [-0.15, -0.1) is 0 Å². The fraction of sp³-hybridized carbons (Fsp3) is 0.562. The van der Waals surface area contributed by atoms with Crippen LogP contribution in [-0.4, -0.2) is 53.2 Å². The van der Waals surface area contributed by atoms with Gasteiger partial charge in [0.2, 0.25) is 0 Å². The Morgan fingerprint density at radius 3 is 2.90 bits per heavy atom. The molecule has 1 aromatic carbocycles. The highest BCUT2D eigenvalue weighted by molar-refractivity contribution is 5.32. The molecular weight excluding hydrogens is 250 g/mol. The van der Waals surface area contributed by atoms with Crippen molar-refractivity contribution in [2.75, 3.05) is 26.2 Å². The van der Waals surface area contributed by atoms with E-state index in [1.54, 1.807) is 0 Å². The predicted molar refractivity (Wildman–Crippen MR) is 79.1 cm³/mol. The highest BCUT2D eigenvalue weighted by Gasteiger charge is 2.24. The van der Waals surface area contributed by atoms with E-state index in [9.17, 15) is 5.11 Å². The average Bonchev–Trinajstić information content (AvgIpc) is 2.42. The molecular formula is C16H23N3O. The standard InChI is InChI=1S/C16H23N3O/c1-13-10-18(6-7-19(13)11-14(2)20)12-16-5-3-4-15(8-16)9-17/h3-5,8,13-14,20H,6-7,10-12H2,1-2H3/t13-,14-/m1/s1. The summed E-state index contributed by atoms with van der Waals surface area (Å²) in [5, 5.41) is 18.4. The van der Waals surface area contributed by atoms with E-state index in [-0.39, 0.29) is 6.10 Å². The maximum Gasteiger partial charge on any atom is 0.0991 e. The number of aliphatic hydroxyl groups excluding tert-OH is 1. The van der Waals surface area contributed by atoms with Crippen LogP contribution in [0.4, 0.5) is 0 Å². The van der Waals surface area contributed by atoms with Gasteiger partial charge in [-0.25, -0.2) is 0 Å². The molecule has 0 radical (unpaired) electrons. The van der Waals surface area contributed by atoms with Crippen LogP contribution in [-0.2, 0) is 6.54 Å². The molecule has 2 atom stereocenters. The summed E-state index contributed by atoms with van der Waals surface area (Å²) >= 11 is 0. The second-order valence-electron chi connectivity index (χ2n) is 5.74. The van der Waals surface area contributed by atoms with Crippen molar-refractivity contribution < 1.29 is 5.11 Å². The zero-order chi connectivity index (χ0) is 14.5. The normalized spacial score (nSPS) is 22.4. The zero-order valence-electron chi connectivity index (χ0n) is 12.3. The predicted octanol–water partition coefficient (Wildman–Crippen LogP) is 1.45. The Kier molecular flexibility index (Phi) is 5.13. The Labute approximate surface area is 121 Å². The minimum atomic E-state index is -0.267. The Morgan fingerprint density at radius 1 is 1.45 bits per heavy atom. The van der Waals surface area contributed by atoms with E-state index < -0.39 is 0 Å². The lowest BCUT2D eigenvalue weighted by Crippen LogP contribution is -2.53. The van der Waals surface area contributed by atoms with E-state index in [4.69, 9.17) is 5.26 Å². The van der Waals surface area contributed by atoms with Gasteiger partial charge in [0.1, 0.15) is 0 Å². The highest BCUT2D eigenvalue weighted by Crippen LogP contribution is 2.14. The number of hydrogen-bond acceptors (Lipinski definition) is 4. The van der Waals surface area contributed by atoms with Crippen molar-refractivity contribution in [3.05, 3.63) is 35.4 Å². The molecule has 0 spiro atoms. The molecule has 0 amide bonds. The molecule has 4 nitrogen and oxygen atoms in total. The van der Waals surface area contributed by atoms with Gasteiger partial charge in [0, 0.05) is 38.8 Å². The van der Waals surface area contributed by atoms with Crippen molar-refractivity contribution >= 4 is 0 Å². The van der Waals surface area contributed by atoms with Crippen molar-refractivity contribution in [3.63, 3.8) is 0 Å². The summed E-state index contributed by atoms with van der Waals surface area (Å²) < 4.78 is 0. The fourth-order valence-electron chi connectivity index (χ4n) is 2.82. The molecule has 0 bridgehead atoms. The number of benzene rings is 1. The molecule has 1 heterocycles. The average molecular weight is 273 g/mol. The van der Waals surface area contributed by atoms with Crippen LogP contribution in [0.15, 0.2) is 24.3 Å². The van der Waals surface area contributed by atoms with Gasteiger partial charge < -0.3 is 5.11 Å². The third kappa shape index (κ3) is 4.04. The fourth-order valence-corrected chi connectivity index (χ4v) is 2.82. The quantitative estimate of drug-likeness (QED) is 0.902. The van der Waals surface area contributed by atoms with E-state index in [2.05, 4.69) is 28.9 Å². The number of aliphatic hydroxyl groups is 1. The van der Waals surface area contributed by atoms with Gasteiger partial charge in [-0.2, -0.15) is 5.26 Å². The number of nitrogens with zero attached hydrogens (tertiary/aromatic N) is 3. The van der Waals surface area contributed by atoms with Gasteiger partial charge in [-0.3, -0.25) is 9.80 Å². The molecule has 1 aliphatic heterocycles. The molecule has 1 aromatic rings. The first kappa shape index (κ1) is 15.0. The van der Waals surface area contributed by atoms with Crippen LogP contribution in [0, 0.1) is 11.3 Å². The first-order valence-corrected chi connectivity index (χ1v) is 7.22. The maximum atomic E-state index is 9.50. The van der Waals surface area contributed by atoms with E-state index in [1.807, 2.05) is 25.1 Å². The van der Waals surface area contributed by atoms with Crippen molar-refractivity contribution in [3.8, 4) is 6.07 Å². The Balaban J connectivity index is 1.91. The number of rotatable bonds is 4. The molecule has 0 saturated carbocycles. The van der Waals surface area contributed by atoms with Crippen LogP contribution >= 0.6 is 0 Å². The third-order valence-corrected chi connectivity index (χ3v) is 3.81. The van der Waals surface area contributed by atoms with Crippen molar-refractivity contribution in [1.82, 2.24) is 9.80 Å².